The lowest BCUT2D eigenvalue weighted by Gasteiger charge is -2.42. The molecule has 2 fully saturated rings. The zero-order chi connectivity index (χ0) is 9.15. The summed E-state index contributed by atoms with van der Waals surface area (Å²) in [5.74, 6) is -0.438. The molecule has 0 radical (unpaired) electrons. The van der Waals surface area contributed by atoms with Gasteiger partial charge in [-0.1, -0.05) is 0 Å². The summed E-state index contributed by atoms with van der Waals surface area (Å²) in [6, 6.07) is 0. The molecule has 0 bridgehead atoms. The van der Waals surface area contributed by atoms with Gasteiger partial charge in [-0.3, -0.25) is 4.79 Å². The number of hydrogen-bond acceptors (Lipinski definition) is 3. The monoisotopic (exact) mass is 169 g/mol. The van der Waals surface area contributed by atoms with E-state index < -0.39 is 11.0 Å². The van der Waals surface area contributed by atoms with Crippen molar-refractivity contribution in [3.8, 4) is 0 Å². The van der Waals surface area contributed by atoms with Crippen LogP contribution in [0.3, 0.4) is 0 Å². The van der Waals surface area contributed by atoms with Gasteiger partial charge < -0.3 is 10.1 Å². The van der Waals surface area contributed by atoms with Crippen LogP contribution in [0.15, 0.2) is 0 Å². The molecule has 2 atom stereocenters. The molecule has 1 amide bonds. The second-order valence-electron chi connectivity index (χ2n) is 4.16. The number of fused-ring (bicyclic) bond motifs is 1. The predicted molar refractivity (Wildman–Crippen MR) is 40.2 cm³/mol. The first-order chi connectivity index (χ1) is 5.39. The molecule has 66 valence electrons. The lowest BCUT2D eigenvalue weighted by molar-refractivity contribution is -0.194. The maximum absolute atomic E-state index is 11.4. The van der Waals surface area contributed by atoms with Gasteiger partial charge in [0.05, 0.1) is 5.41 Å². The van der Waals surface area contributed by atoms with Gasteiger partial charge in [0.15, 0.2) is 5.54 Å². The van der Waals surface area contributed by atoms with Crippen LogP contribution in [0, 0.1) is 5.41 Å². The van der Waals surface area contributed by atoms with E-state index in [-0.39, 0.29) is 18.0 Å². The van der Waals surface area contributed by atoms with E-state index in [1.54, 1.807) is 20.8 Å². The molecule has 0 unspecified atom stereocenters. The molecule has 2 aliphatic rings. The number of carbonyl (C=O) groups excluding carboxylic acids is 2. The Morgan fingerprint density at radius 2 is 1.92 bits per heavy atom. The van der Waals surface area contributed by atoms with E-state index in [2.05, 4.69) is 5.32 Å². The van der Waals surface area contributed by atoms with Crippen LogP contribution in [0.4, 0.5) is 0 Å². The summed E-state index contributed by atoms with van der Waals surface area (Å²) >= 11 is 0. The fourth-order valence-corrected chi connectivity index (χ4v) is 1.90. The number of nitrogens with one attached hydrogen (secondary N) is 1. The molecule has 0 saturated carbocycles. The Kier molecular flexibility index (Phi) is 1.04. The molecule has 4 nitrogen and oxygen atoms in total. The molecule has 0 aromatic heterocycles. The fourth-order valence-electron chi connectivity index (χ4n) is 1.90. The summed E-state index contributed by atoms with van der Waals surface area (Å²) in [6.07, 6.45) is -0.301. The van der Waals surface area contributed by atoms with Crippen LogP contribution in [0.5, 0.6) is 0 Å². The first-order valence-corrected chi connectivity index (χ1v) is 3.93. The largest absolute Gasteiger partial charge is 0.456 e. The van der Waals surface area contributed by atoms with Crippen LogP contribution < -0.4 is 5.32 Å². The van der Waals surface area contributed by atoms with Crippen molar-refractivity contribution >= 4 is 11.9 Å². The second kappa shape index (κ2) is 1.65. The summed E-state index contributed by atoms with van der Waals surface area (Å²) in [5.41, 5.74) is -1.34. The Labute approximate surface area is 70.3 Å². The van der Waals surface area contributed by atoms with Crippen LogP contribution in [-0.4, -0.2) is 23.5 Å². The van der Waals surface area contributed by atoms with Crippen molar-refractivity contribution in [2.45, 2.75) is 32.4 Å². The smallest absolute Gasteiger partial charge is 0.335 e. The van der Waals surface area contributed by atoms with Gasteiger partial charge in [0, 0.05) is 0 Å². The number of rotatable bonds is 0. The van der Waals surface area contributed by atoms with Crippen molar-refractivity contribution in [3.05, 3.63) is 0 Å². The summed E-state index contributed by atoms with van der Waals surface area (Å²) in [7, 11) is 0. The predicted octanol–water partition coefficient (Wildman–Crippen LogP) is -0.174. The zero-order valence-electron chi connectivity index (χ0n) is 7.30. The maximum atomic E-state index is 11.4. The first kappa shape index (κ1) is 7.58. The highest BCUT2D eigenvalue weighted by atomic mass is 16.6. The highest BCUT2D eigenvalue weighted by molar-refractivity contribution is 6.00. The second-order valence-corrected chi connectivity index (χ2v) is 4.16. The molecule has 2 aliphatic heterocycles. The Morgan fingerprint density at radius 1 is 1.33 bits per heavy atom. The third kappa shape index (κ3) is 0.552. The summed E-state index contributed by atoms with van der Waals surface area (Å²) in [4.78, 5) is 22.4. The van der Waals surface area contributed by atoms with E-state index in [0.29, 0.717) is 0 Å². The number of hydrogen-bond donors (Lipinski definition) is 1. The Bertz CT molecular complexity index is 284. The molecular weight excluding hydrogens is 158 g/mol. The number of ether oxygens (including phenoxy) is 1. The van der Waals surface area contributed by atoms with Crippen LogP contribution in [-0.2, 0) is 14.3 Å². The molecule has 0 aromatic rings. The normalized spacial score (nSPS) is 42.8. The molecule has 0 aromatic carbocycles. The quantitative estimate of drug-likeness (QED) is 0.512. The SMILES string of the molecule is CC1(C)C(=O)N[C@@]2(C)C(=O)O[C@@H]12. The van der Waals surface area contributed by atoms with Gasteiger partial charge in [0.2, 0.25) is 5.91 Å². The van der Waals surface area contributed by atoms with E-state index in [4.69, 9.17) is 4.74 Å². The lowest BCUT2D eigenvalue weighted by atomic mass is 9.77. The van der Waals surface area contributed by atoms with Gasteiger partial charge >= 0.3 is 5.97 Å². The van der Waals surface area contributed by atoms with Gasteiger partial charge in [0.25, 0.3) is 0 Å². The van der Waals surface area contributed by atoms with Gasteiger partial charge in [-0.05, 0) is 20.8 Å². The average molecular weight is 169 g/mol. The molecule has 0 aliphatic carbocycles. The van der Waals surface area contributed by atoms with Crippen molar-refractivity contribution < 1.29 is 14.3 Å². The molecule has 4 heteroatoms. The number of esters is 1. The molecule has 0 spiro atoms. The average Bonchev–Trinajstić information content (AvgIpc) is 2.10. The van der Waals surface area contributed by atoms with E-state index in [1.807, 2.05) is 0 Å². The van der Waals surface area contributed by atoms with E-state index in [0.717, 1.165) is 0 Å². The number of amides is 1. The van der Waals surface area contributed by atoms with Gasteiger partial charge in [-0.25, -0.2) is 4.79 Å². The van der Waals surface area contributed by atoms with Crippen molar-refractivity contribution in [3.63, 3.8) is 0 Å². The highest BCUT2D eigenvalue weighted by Gasteiger charge is 2.69. The number of carbonyl (C=O) groups is 2. The lowest BCUT2D eigenvalue weighted by Crippen LogP contribution is -2.65. The fraction of sp³-hybridized carbons (Fsp3) is 0.750. The Hall–Kier alpha value is -1.06. The first-order valence-electron chi connectivity index (χ1n) is 3.93. The maximum Gasteiger partial charge on any atom is 0.335 e. The third-order valence-electron chi connectivity index (χ3n) is 2.79. The Balaban J connectivity index is 2.40. The van der Waals surface area contributed by atoms with Crippen LogP contribution in [0.1, 0.15) is 20.8 Å². The summed E-state index contributed by atoms with van der Waals surface area (Å²) in [5, 5.41) is 2.66. The van der Waals surface area contributed by atoms with Crippen molar-refractivity contribution in [2.24, 2.45) is 5.41 Å². The zero-order valence-corrected chi connectivity index (χ0v) is 7.30. The summed E-state index contributed by atoms with van der Waals surface area (Å²) < 4.78 is 4.93. The Morgan fingerprint density at radius 3 is 2.25 bits per heavy atom. The molecule has 2 heterocycles. The molecular formula is C8H11NO3. The standard InChI is InChI=1S/C8H11NO3/c1-7(2)4-8(3,6(11)12-4)9-5(7)10/h4H,1-3H3,(H,9,10)/t4-,8+/m0/s1. The highest BCUT2D eigenvalue weighted by Crippen LogP contribution is 2.45. The van der Waals surface area contributed by atoms with Crippen LogP contribution >= 0.6 is 0 Å². The van der Waals surface area contributed by atoms with Crippen molar-refractivity contribution in [2.75, 3.05) is 0 Å². The van der Waals surface area contributed by atoms with Crippen molar-refractivity contribution in [1.82, 2.24) is 5.32 Å². The van der Waals surface area contributed by atoms with E-state index in [9.17, 15) is 9.59 Å². The molecule has 12 heavy (non-hydrogen) atoms. The topological polar surface area (TPSA) is 55.4 Å². The molecule has 2 saturated heterocycles. The molecule has 1 N–H and O–H groups in total. The van der Waals surface area contributed by atoms with Crippen LogP contribution in [0.2, 0.25) is 0 Å². The van der Waals surface area contributed by atoms with Gasteiger partial charge in [-0.2, -0.15) is 0 Å². The van der Waals surface area contributed by atoms with Crippen molar-refractivity contribution in [1.29, 1.82) is 0 Å². The third-order valence-corrected chi connectivity index (χ3v) is 2.79. The molecule has 2 rings (SSSR count). The summed E-state index contributed by atoms with van der Waals surface area (Å²) in [6.45, 7) is 5.27. The van der Waals surface area contributed by atoms with E-state index >= 15 is 0 Å². The van der Waals surface area contributed by atoms with Gasteiger partial charge in [0.1, 0.15) is 6.10 Å². The van der Waals surface area contributed by atoms with Crippen LogP contribution in [0.25, 0.3) is 0 Å². The van der Waals surface area contributed by atoms with Gasteiger partial charge in [-0.15, -0.1) is 0 Å². The minimum absolute atomic E-state index is 0.110. The van der Waals surface area contributed by atoms with E-state index in [1.165, 1.54) is 0 Å². The minimum atomic E-state index is -0.763. The minimum Gasteiger partial charge on any atom is -0.456 e.